The molecule has 0 radical (unpaired) electrons. The van der Waals surface area contributed by atoms with E-state index in [0.29, 0.717) is 24.9 Å². The smallest absolute Gasteiger partial charge is 0.287 e. The predicted molar refractivity (Wildman–Crippen MR) is 101 cm³/mol. The SMILES string of the molecule is CN=C(NCCNC(=O)c1ccco1)NC(C)CCC1CCCCC1. The molecule has 6 heteroatoms. The Balaban J connectivity index is 1.58. The quantitative estimate of drug-likeness (QED) is 0.383. The van der Waals surface area contributed by atoms with Gasteiger partial charge in [0.15, 0.2) is 11.7 Å². The third kappa shape index (κ3) is 7.20. The van der Waals surface area contributed by atoms with E-state index in [1.807, 2.05) is 0 Å². The van der Waals surface area contributed by atoms with Crippen LogP contribution in [-0.2, 0) is 0 Å². The highest BCUT2D eigenvalue weighted by Gasteiger charge is 2.15. The van der Waals surface area contributed by atoms with Crippen LogP contribution in [0.25, 0.3) is 0 Å². The second-order valence-electron chi connectivity index (χ2n) is 6.86. The number of rotatable bonds is 8. The molecule has 0 bridgehead atoms. The molecule has 0 spiro atoms. The van der Waals surface area contributed by atoms with Gasteiger partial charge in [-0.25, -0.2) is 0 Å². The Morgan fingerprint density at radius 1 is 1.28 bits per heavy atom. The van der Waals surface area contributed by atoms with Crippen molar-refractivity contribution in [2.45, 2.75) is 57.9 Å². The molecule has 1 saturated carbocycles. The topological polar surface area (TPSA) is 78.7 Å². The standard InChI is InChI=1S/C19H32N4O2/c1-15(10-11-16-7-4-3-5-8-16)23-19(20-2)22-13-12-21-18(24)17-9-6-14-25-17/h6,9,14-16H,3-5,7-8,10-13H2,1-2H3,(H,21,24)(H2,20,22,23). The van der Waals surface area contributed by atoms with Crippen molar-refractivity contribution in [2.24, 2.45) is 10.9 Å². The van der Waals surface area contributed by atoms with Crippen LogP contribution in [0.15, 0.2) is 27.8 Å². The van der Waals surface area contributed by atoms with Gasteiger partial charge in [-0.05, 0) is 37.8 Å². The minimum Gasteiger partial charge on any atom is -0.459 e. The summed E-state index contributed by atoms with van der Waals surface area (Å²) in [4.78, 5) is 16.0. The molecule has 1 amide bonds. The maximum absolute atomic E-state index is 11.8. The van der Waals surface area contributed by atoms with Crippen LogP contribution >= 0.6 is 0 Å². The molecule has 2 rings (SSSR count). The van der Waals surface area contributed by atoms with Gasteiger partial charge in [0.25, 0.3) is 5.91 Å². The molecule has 1 atom stereocenters. The fraction of sp³-hybridized carbons (Fsp3) is 0.684. The summed E-state index contributed by atoms with van der Waals surface area (Å²) in [6, 6.07) is 3.75. The molecule has 1 fully saturated rings. The molecule has 0 saturated heterocycles. The highest BCUT2D eigenvalue weighted by atomic mass is 16.3. The van der Waals surface area contributed by atoms with Crippen LogP contribution in [0.3, 0.4) is 0 Å². The van der Waals surface area contributed by atoms with E-state index in [1.54, 1.807) is 19.2 Å². The predicted octanol–water partition coefficient (Wildman–Crippen LogP) is 2.92. The Morgan fingerprint density at radius 2 is 2.04 bits per heavy atom. The summed E-state index contributed by atoms with van der Waals surface area (Å²) < 4.78 is 5.06. The number of nitrogens with one attached hydrogen (secondary N) is 3. The van der Waals surface area contributed by atoms with Crippen LogP contribution in [0.2, 0.25) is 0 Å². The van der Waals surface area contributed by atoms with Crippen molar-refractivity contribution in [1.29, 1.82) is 0 Å². The Hall–Kier alpha value is -1.98. The largest absolute Gasteiger partial charge is 0.459 e. The van der Waals surface area contributed by atoms with Crippen molar-refractivity contribution in [3.63, 3.8) is 0 Å². The van der Waals surface area contributed by atoms with E-state index >= 15 is 0 Å². The zero-order valence-corrected chi connectivity index (χ0v) is 15.5. The molecule has 1 aromatic heterocycles. The molecule has 1 heterocycles. The molecule has 6 nitrogen and oxygen atoms in total. The van der Waals surface area contributed by atoms with Gasteiger partial charge in [-0.1, -0.05) is 32.1 Å². The number of furan rings is 1. The van der Waals surface area contributed by atoms with Crippen molar-refractivity contribution in [1.82, 2.24) is 16.0 Å². The highest BCUT2D eigenvalue weighted by molar-refractivity contribution is 5.91. The lowest BCUT2D eigenvalue weighted by Gasteiger charge is -2.24. The van der Waals surface area contributed by atoms with Crippen LogP contribution in [0, 0.1) is 5.92 Å². The molecular formula is C19H32N4O2. The average Bonchev–Trinajstić information content (AvgIpc) is 3.18. The van der Waals surface area contributed by atoms with Crippen LogP contribution in [0.4, 0.5) is 0 Å². The van der Waals surface area contributed by atoms with Gasteiger partial charge in [-0.2, -0.15) is 0 Å². The van der Waals surface area contributed by atoms with E-state index in [9.17, 15) is 4.79 Å². The van der Waals surface area contributed by atoms with E-state index in [-0.39, 0.29) is 5.91 Å². The van der Waals surface area contributed by atoms with E-state index < -0.39 is 0 Å². The third-order valence-corrected chi connectivity index (χ3v) is 4.79. The first-order valence-corrected chi connectivity index (χ1v) is 9.48. The van der Waals surface area contributed by atoms with Gasteiger partial charge in [0.05, 0.1) is 6.26 Å². The Morgan fingerprint density at radius 3 is 2.72 bits per heavy atom. The molecule has 0 aliphatic heterocycles. The Bertz CT molecular complexity index is 522. The lowest BCUT2D eigenvalue weighted by Crippen LogP contribution is -2.44. The van der Waals surface area contributed by atoms with Crippen LogP contribution in [0.1, 0.15) is 62.4 Å². The summed E-state index contributed by atoms with van der Waals surface area (Å²) in [5.74, 6) is 1.82. The summed E-state index contributed by atoms with van der Waals surface area (Å²) in [5, 5.41) is 9.47. The zero-order chi connectivity index (χ0) is 17.9. The lowest BCUT2D eigenvalue weighted by atomic mass is 9.85. The summed E-state index contributed by atoms with van der Waals surface area (Å²) in [7, 11) is 1.77. The lowest BCUT2D eigenvalue weighted by molar-refractivity contribution is 0.0926. The van der Waals surface area contributed by atoms with Crippen LogP contribution in [-0.4, -0.2) is 38.0 Å². The van der Waals surface area contributed by atoms with Crippen molar-refractivity contribution < 1.29 is 9.21 Å². The van der Waals surface area contributed by atoms with Gasteiger partial charge in [-0.15, -0.1) is 0 Å². The maximum Gasteiger partial charge on any atom is 0.287 e. The van der Waals surface area contributed by atoms with E-state index in [1.165, 1.54) is 51.2 Å². The fourth-order valence-electron chi connectivity index (χ4n) is 3.31. The van der Waals surface area contributed by atoms with Crippen molar-refractivity contribution in [3.8, 4) is 0 Å². The molecule has 1 aliphatic carbocycles. The van der Waals surface area contributed by atoms with Gasteiger partial charge in [-0.3, -0.25) is 9.79 Å². The summed E-state index contributed by atoms with van der Waals surface area (Å²) >= 11 is 0. The Kier molecular flexibility index (Phi) is 8.35. The van der Waals surface area contributed by atoms with Gasteiger partial charge in [0.1, 0.15) is 0 Å². The first-order valence-electron chi connectivity index (χ1n) is 9.48. The highest BCUT2D eigenvalue weighted by Crippen LogP contribution is 2.27. The summed E-state index contributed by atoms with van der Waals surface area (Å²) in [6.45, 7) is 3.33. The van der Waals surface area contributed by atoms with E-state index in [4.69, 9.17) is 4.42 Å². The summed E-state index contributed by atoms with van der Waals surface area (Å²) in [6.07, 6.45) is 11.0. The number of carbonyl (C=O) groups is 1. The molecule has 1 aliphatic rings. The van der Waals surface area contributed by atoms with Crippen molar-refractivity contribution >= 4 is 11.9 Å². The maximum atomic E-state index is 11.8. The first-order chi connectivity index (χ1) is 12.2. The monoisotopic (exact) mass is 348 g/mol. The van der Waals surface area contributed by atoms with Crippen LogP contribution < -0.4 is 16.0 Å². The molecule has 25 heavy (non-hydrogen) atoms. The second kappa shape index (κ2) is 10.8. The average molecular weight is 348 g/mol. The first kappa shape index (κ1) is 19.3. The third-order valence-electron chi connectivity index (χ3n) is 4.79. The van der Waals surface area contributed by atoms with Crippen molar-refractivity contribution in [3.05, 3.63) is 24.2 Å². The molecule has 3 N–H and O–H groups in total. The van der Waals surface area contributed by atoms with Crippen LogP contribution in [0.5, 0.6) is 0 Å². The number of hydrogen-bond donors (Lipinski definition) is 3. The number of nitrogens with zero attached hydrogens (tertiary/aromatic N) is 1. The molecule has 1 unspecified atom stereocenters. The normalized spacial score (nSPS) is 17.1. The molecular weight excluding hydrogens is 316 g/mol. The number of aliphatic imine (C=N–C) groups is 1. The zero-order valence-electron chi connectivity index (χ0n) is 15.5. The Labute approximate surface area is 150 Å². The van der Waals surface area contributed by atoms with Gasteiger partial charge < -0.3 is 20.4 Å². The molecule has 0 aromatic carbocycles. The van der Waals surface area contributed by atoms with E-state index in [0.717, 1.165) is 11.9 Å². The van der Waals surface area contributed by atoms with E-state index in [2.05, 4.69) is 27.9 Å². The minimum atomic E-state index is -0.199. The second-order valence-corrected chi connectivity index (χ2v) is 6.86. The number of hydrogen-bond acceptors (Lipinski definition) is 3. The van der Waals surface area contributed by atoms with Gasteiger partial charge in [0.2, 0.25) is 0 Å². The number of carbonyl (C=O) groups excluding carboxylic acids is 1. The minimum absolute atomic E-state index is 0.199. The number of amides is 1. The summed E-state index contributed by atoms with van der Waals surface area (Å²) in [5.41, 5.74) is 0. The molecule has 1 aromatic rings. The fourth-order valence-corrected chi connectivity index (χ4v) is 3.31. The van der Waals surface area contributed by atoms with Crippen molar-refractivity contribution in [2.75, 3.05) is 20.1 Å². The van der Waals surface area contributed by atoms with Gasteiger partial charge >= 0.3 is 0 Å². The molecule has 140 valence electrons. The number of guanidine groups is 1. The van der Waals surface area contributed by atoms with Gasteiger partial charge in [0, 0.05) is 26.2 Å².